The fraction of sp³-hybridized carbons (Fsp3) is 0.462. The Hall–Kier alpha value is -1.71. The number of nitrogens with two attached hydrogens (primary N) is 1. The molecule has 0 fully saturated rings. The quantitative estimate of drug-likeness (QED) is 0.542. The number of urea groups is 1. The first-order valence-corrected chi connectivity index (χ1v) is 6.03. The van der Waals surface area contributed by atoms with E-state index >= 15 is 0 Å². The van der Waals surface area contributed by atoms with Gasteiger partial charge in [0.2, 0.25) is 0 Å². The highest BCUT2D eigenvalue weighted by Gasteiger charge is 2.08. The normalized spacial score (nSPS) is 11.9. The molecule has 0 heterocycles. The van der Waals surface area contributed by atoms with E-state index in [-0.39, 0.29) is 12.1 Å². The van der Waals surface area contributed by atoms with E-state index in [2.05, 4.69) is 17.6 Å². The molecule has 0 radical (unpaired) electrons. The number of carbonyl (C=O) groups is 1. The number of hydrogen-bond donors (Lipinski definition) is 3. The minimum atomic E-state index is -0.122. The standard InChI is InChI=1S/C13H21N3O/c1-3-4-9-15-13(17)16-10(2)11-5-7-12(14)8-6-11/h5-8,10H,3-4,9,14H2,1-2H3,(H2,15,16,17). The third-order valence-electron chi connectivity index (χ3n) is 2.60. The monoisotopic (exact) mass is 235 g/mol. The van der Waals surface area contributed by atoms with Crippen LogP contribution in [0.5, 0.6) is 0 Å². The smallest absolute Gasteiger partial charge is 0.315 e. The molecule has 1 unspecified atom stereocenters. The van der Waals surface area contributed by atoms with Crippen LogP contribution in [0.15, 0.2) is 24.3 Å². The van der Waals surface area contributed by atoms with Crippen LogP contribution in [0, 0.1) is 0 Å². The number of carbonyl (C=O) groups excluding carboxylic acids is 1. The number of benzene rings is 1. The van der Waals surface area contributed by atoms with Gasteiger partial charge in [0, 0.05) is 12.2 Å². The van der Waals surface area contributed by atoms with E-state index in [1.54, 1.807) is 0 Å². The fourth-order valence-electron chi connectivity index (χ4n) is 1.49. The van der Waals surface area contributed by atoms with Gasteiger partial charge in [0.1, 0.15) is 0 Å². The number of hydrogen-bond acceptors (Lipinski definition) is 2. The van der Waals surface area contributed by atoms with E-state index in [1.165, 1.54) is 0 Å². The Balaban J connectivity index is 2.40. The third-order valence-corrected chi connectivity index (χ3v) is 2.60. The predicted molar refractivity (Wildman–Crippen MR) is 70.7 cm³/mol. The van der Waals surface area contributed by atoms with Crippen molar-refractivity contribution in [2.45, 2.75) is 32.7 Å². The van der Waals surface area contributed by atoms with Gasteiger partial charge in [-0.15, -0.1) is 0 Å². The zero-order valence-electron chi connectivity index (χ0n) is 10.5. The summed E-state index contributed by atoms with van der Waals surface area (Å²) in [5.74, 6) is 0. The third kappa shape index (κ3) is 4.76. The summed E-state index contributed by atoms with van der Waals surface area (Å²) in [4.78, 5) is 11.5. The molecular formula is C13H21N3O. The van der Waals surface area contributed by atoms with Crippen LogP contribution in [0.1, 0.15) is 38.3 Å². The SMILES string of the molecule is CCCCNC(=O)NC(C)c1ccc(N)cc1. The molecule has 17 heavy (non-hydrogen) atoms. The minimum absolute atomic E-state index is 0.0165. The summed E-state index contributed by atoms with van der Waals surface area (Å²) in [5.41, 5.74) is 7.39. The van der Waals surface area contributed by atoms with Crippen LogP contribution >= 0.6 is 0 Å². The first kappa shape index (κ1) is 13.4. The summed E-state index contributed by atoms with van der Waals surface area (Å²) in [5, 5.41) is 5.70. The van der Waals surface area contributed by atoms with Crippen molar-refractivity contribution in [3.63, 3.8) is 0 Å². The van der Waals surface area contributed by atoms with Crippen molar-refractivity contribution in [2.75, 3.05) is 12.3 Å². The van der Waals surface area contributed by atoms with Crippen LogP contribution in [0.2, 0.25) is 0 Å². The molecule has 0 aromatic heterocycles. The fourth-order valence-corrected chi connectivity index (χ4v) is 1.49. The summed E-state index contributed by atoms with van der Waals surface area (Å²) in [7, 11) is 0. The molecule has 0 saturated heterocycles. The highest BCUT2D eigenvalue weighted by Crippen LogP contribution is 2.13. The zero-order chi connectivity index (χ0) is 12.7. The van der Waals surface area contributed by atoms with Gasteiger partial charge in [-0.3, -0.25) is 0 Å². The van der Waals surface area contributed by atoms with E-state index < -0.39 is 0 Å². The predicted octanol–water partition coefficient (Wildman–Crippen LogP) is 2.43. The Morgan fingerprint density at radius 3 is 2.59 bits per heavy atom. The topological polar surface area (TPSA) is 67.2 Å². The van der Waals surface area contributed by atoms with Gasteiger partial charge in [-0.05, 0) is 31.0 Å². The van der Waals surface area contributed by atoms with Crippen LogP contribution in [0.25, 0.3) is 0 Å². The lowest BCUT2D eigenvalue weighted by Gasteiger charge is -2.15. The molecule has 0 aliphatic carbocycles. The van der Waals surface area contributed by atoms with Crippen LogP contribution in [-0.2, 0) is 0 Å². The van der Waals surface area contributed by atoms with E-state index in [1.807, 2.05) is 31.2 Å². The number of unbranched alkanes of at least 4 members (excludes halogenated alkanes) is 1. The number of amides is 2. The van der Waals surface area contributed by atoms with Crippen molar-refractivity contribution in [1.29, 1.82) is 0 Å². The molecule has 4 heteroatoms. The zero-order valence-corrected chi connectivity index (χ0v) is 10.5. The maximum atomic E-state index is 11.5. The Bertz CT molecular complexity index is 348. The number of nitrogens with one attached hydrogen (secondary N) is 2. The molecule has 0 spiro atoms. The molecule has 1 aromatic carbocycles. The number of anilines is 1. The molecule has 2 amide bonds. The lowest BCUT2D eigenvalue weighted by atomic mass is 10.1. The van der Waals surface area contributed by atoms with Gasteiger partial charge in [0.25, 0.3) is 0 Å². The second-order valence-electron chi connectivity index (χ2n) is 4.14. The van der Waals surface area contributed by atoms with Gasteiger partial charge in [0.05, 0.1) is 6.04 Å². The second kappa shape index (κ2) is 6.78. The van der Waals surface area contributed by atoms with Crippen LogP contribution in [0.3, 0.4) is 0 Å². The Morgan fingerprint density at radius 2 is 2.00 bits per heavy atom. The first-order chi connectivity index (χ1) is 8.13. The van der Waals surface area contributed by atoms with Crippen molar-refractivity contribution in [3.05, 3.63) is 29.8 Å². The average molecular weight is 235 g/mol. The Morgan fingerprint density at radius 1 is 1.35 bits per heavy atom. The number of rotatable bonds is 5. The van der Waals surface area contributed by atoms with Gasteiger partial charge in [0.15, 0.2) is 0 Å². The Kier molecular flexibility index (Phi) is 5.33. The van der Waals surface area contributed by atoms with Crippen LogP contribution in [0.4, 0.5) is 10.5 Å². The minimum Gasteiger partial charge on any atom is -0.399 e. The van der Waals surface area contributed by atoms with Gasteiger partial charge < -0.3 is 16.4 Å². The van der Waals surface area contributed by atoms with E-state index in [4.69, 9.17) is 5.73 Å². The molecule has 4 N–H and O–H groups in total. The van der Waals surface area contributed by atoms with Gasteiger partial charge in [-0.2, -0.15) is 0 Å². The van der Waals surface area contributed by atoms with Crippen molar-refractivity contribution in [2.24, 2.45) is 0 Å². The summed E-state index contributed by atoms with van der Waals surface area (Å²) in [6.07, 6.45) is 2.08. The van der Waals surface area contributed by atoms with Gasteiger partial charge in [-0.25, -0.2) is 4.79 Å². The molecule has 0 aliphatic heterocycles. The van der Waals surface area contributed by atoms with Crippen molar-refractivity contribution < 1.29 is 4.79 Å². The van der Waals surface area contributed by atoms with Crippen LogP contribution < -0.4 is 16.4 Å². The number of nitrogen functional groups attached to an aromatic ring is 1. The molecule has 1 rings (SSSR count). The molecule has 0 saturated carbocycles. The maximum absolute atomic E-state index is 11.5. The summed E-state index contributed by atoms with van der Waals surface area (Å²) in [6, 6.07) is 7.38. The second-order valence-corrected chi connectivity index (χ2v) is 4.14. The van der Waals surface area contributed by atoms with E-state index in [0.29, 0.717) is 0 Å². The summed E-state index contributed by atoms with van der Waals surface area (Å²) >= 11 is 0. The summed E-state index contributed by atoms with van der Waals surface area (Å²) in [6.45, 7) is 4.76. The van der Waals surface area contributed by atoms with E-state index in [9.17, 15) is 4.79 Å². The molecular weight excluding hydrogens is 214 g/mol. The van der Waals surface area contributed by atoms with Crippen molar-refractivity contribution in [1.82, 2.24) is 10.6 Å². The van der Waals surface area contributed by atoms with Crippen molar-refractivity contribution in [3.8, 4) is 0 Å². The van der Waals surface area contributed by atoms with Gasteiger partial charge >= 0.3 is 6.03 Å². The first-order valence-electron chi connectivity index (χ1n) is 6.03. The molecule has 4 nitrogen and oxygen atoms in total. The molecule has 0 aliphatic rings. The Labute approximate surface area is 103 Å². The lowest BCUT2D eigenvalue weighted by molar-refractivity contribution is 0.238. The molecule has 1 aromatic rings. The largest absolute Gasteiger partial charge is 0.399 e. The molecule has 94 valence electrons. The van der Waals surface area contributed by atoms with Crippen LogP contribution in [-0.4, -0.2) is 12.6 Å². The highest BCUT2D eigenvalue weighted by molar-refractivity contribution is 5.74. The highest BCUT2D eigenvalue weighted by atomic mass is 16.2. The summed E-state index contributed by atoms with van der Waals surface area (Å²) < 4.78 is 0. The van der Waals surface area contributed by atoms with E-state index in [0.717, 1.165) is 30.6 Å². The molecule has 0 bridgehead atoms. The molecule has 1 atom stereocenters. The maximum Gasteiger partial charge on any atom is 0.315 e. The van der Waals surface area contributed by atoms with Crippen molar-refractivity contribution >= 4 is 11.7 Å². The average Bonchev–Trinajstić information content (AvgIpc) is 2.30. The van der Waals surface area contributed by atoms with Gasteiger partial charge in [-0.1, -0.05) is 25.5 Å². The lowest BCUT2D eigenvalue weighted by Crippen LogP contribution is -2.37.